The summed E-state index contributed by atoms with van der Waals surface area (Å²) in [6.07, 6.45) is 0. The summed E-state index contributed by atoms with van der Waals surface area (Å²) in [4.78, 5) is 36.4. The normalized spacial score (nSPS) is 10.2. The Morgan fingerprint density at radius 1 is 0.714 bits per heavy atom. The number of hydrogen-bond acceptors (Lipinski definition) is 3. The third-order valence-electron chi connectivity index (χ3n) is 3.93. The van der Waals surface area contributed by atoms with E-state index in [2.05, 4.69) is 26.6 Å². The lowest BCUT2D eigenvalue weighted by Gasteiger charge is -2.10. The van der Waals surface area contributed by atoms with E-state index in [1.54, 1.807) is 72.8 Å². The molecule has 0 saturated carbocycles. The van der Waals surface area contributed by atoms with Crippen LogP contribution in [-0.2, 0) is 0 Å². The molecular weight excluding hydrogens is 422 g/mol. The van der Waals surface area contributed by atoms with E-state index >= 15 is 0 Å². The average molecular weight is 438 g/mol. The number of nitrogens with two attached hydrogens (primary N) is 1. The third kappa shape index (κ3) is 4.63. The van der Waals surface area contributed by atoms with Gasteiger partial charge in [-0.2, -0.15) is 0 Å². The van der Waals surface area contributed by atoms with E-state index in [0.29, 0.717) is 22.5 Å². The summed E-state index contributed by atoms with van der Waals surface area (Å²) in [7, 11) is 0. The van der Waals surface area contributed by atoms with Crippen molar-refractivity contribution in [3.8, 4) is 0 Å². The van der Waals surface area contributed by atoms with Crippen LogP contribution >= 0.6 is 15.9 Å². The highest BCUT2D eigenvalue weighted by Crippen LogP contribution is 2.19. The van der Waals surface area contributed by atoms with Gasteiger partial charge in [0.15, 0.2) is 5.78 Å². The molecule has 140 valence electrons. The van der Waals surface area contributed by atoms with Gasteiger partial charge in [-0.3, -0.25) is 9.59 Å². The van der Waals surface area contributed by atoms with Crippen molar-refractivity contribution < 1.29 is 14.4 Å². The summed E-state index contributed by atoms with van der Waals surface area (Å²) in [6.45, 7) is 0. The van der Waals surface area contributed by atoms with E-state index in [-0.39, 0.29) is 11.3 Å². The number of carbonyl (C=O) groups is 3. The molecule has 0 radical (unpaired) electrons. The fourth-order valence-electron chi connectivity index (χ4n) is 2.61. The maximum atomic E-state index is 12.8. The number of benzene rings is 3. The van der Waals surface area contributed by atoms with Crippen molar-refractivity contribution in [3.63, 3.8) is 0 Å². The number of carbonyl (C=O) groups excluding carboxylic acids is 3. The molecule has 7 heteroatoms. The zero-order valence-electron chi connectivity index (χ0n) is 14.6. The Kier molecular flexibility index (Phi) is 5.86. The minimum absolute atomic E-state index is 0.237. The molecule has 0 aliphatic heterocycles. The van der Waals surface area contributed by atoms with Gasteiger partial charge in [0.25, 0.3) is 5.91 Å². The first-order chi connectivity index (χ1) is 13.4. The monoisotopic (exact) mass is 437 g/mol. The van der Waals surface area contributed by atoms with Gasteiger partial charge in [-0.25, -0.2) is 4.79 Å². The maximum absolute atomic E-state index is 12.8. The molecule has 28 heavy (non-hydrogen) atoms. The highest BCUT2D eigenvalue weighted by molar-refractivity contribution is 9.10. The topological polar surface area (TPSA) is 101 Å². The molecule has 0 aliphatic rings. The van der Waals surface area contributed by atoms with Gasteiger partial charge in [0, 0.05) is 27.0 Å². The molecule has 0 unspecified atom stereocenters. The summed E-state index contributed by atoms with van der Waals surface area (Å²) in [6, 6.07) is 19.4. The van der Waals surface area contributed by atoms with E-state index in [4.69, 9.17) is 5.73 Å². The molecular formula is C21H16BrN3O3. The fraction of sp³-hybridized carbons (Fsp3) is 0. The maximum Gasteiger partial charge on any atom is 0.316 e. The van der Waals surface area contributed by atoms with Gasteiger partial charge in [0.1, 0.15) is 0 Å². The number of halogens is 1. The minimum Gasteiger partial charge on any atom is -0.351 e. The second-order valence-corrected chi connectivity index (χ2v) is 6.82. The van der Waals surface area contributed by atoms with Gasteiger partial charge < -0.3 is 16.4 Å². The summed E-state index contributed by atoms with van der Waals surface area (Å²) >= 11 is 3.34. The molecule has 0 bridgehead atoms. The Labute approximate surface area is 169 Å². The van der Waals surface area contributed by atoms with Crippen LogP contribution < -0.4 is 16.4 Å². The van der Waals surface area contributed by atoms with Crippen molar-refractivity contribution in [1.29, 1.82) is 0 Å². The fourth-order valence-corrected chi connectivity index (χ4v) is 2.88. The van der Waals surface area contributed by atoms with Crippen LogP contribution in [-0.4, -0.2) is 17.7 Å². The van der Waals surface area contributed by atoms with Crippen molar-refractivity contribution in [2.24, 2.45) is 5.73 Å². The molecule has 0 spiro atoms. The molecule has 0 fully saturated rings. The zero-order chi connectivity index (χ0) is 20.1. The van der Waals surface area contributed by atoms with Crippen molar-refractivity contribution in [2.45, 2.75) is 0 Å². The quantitative estimate of drug-likeness (QED) is 0.514. The van der Waals surface area contributed by atoms with E-state index in [1.807, 2.05) is 0 Å². The first-order valence-electron chi connectivity index (χ1n) is 8.31. The Morgan fingerprint density at radius 3 is 1.82 bits per heavy atom. The molecule has 3 rings (SSSR count). The Morgan fingerprint density at radius 2 is 1.25 bits per heavy atom. The number of anilines is 2. The highest BCUT2D eigenvalue weighted by Gasteiger charge is 2.18. The van der Waals surface area contributed by atoms with Crippen LogP contribution in [0.3, 0.4) is 0 Å². The van der Waals surface area contributed by atoms with Crippen LogP contribution in [0.5, 0.6) is 0 Å². The lowest BCUT2D eigenvalue weighted by molar-refractivity contribution is 0.0996. The molecule has 0 aliphatic carbocycles. The van der Waals surface area contributed by atoms with Gasteiger partial charge >= 0.3 is 6.03 Å². The van der Waals surface area contributed by atoms with E-state index in [0.717, 1.165) is 4.47 Å². The molecule has 0 heterocycles. The number of rotatable bonds is 5. The van der Waals surface area contributed by atoms with Gasteiger partial charge in [0.05, 0.1) is 5.56 Å². The van der Waals surface area contributed by atoms with Crippen LogP contribution in [0.25, 0.3) is 0 Å². The molecule has 0 saturated heterocycles. The Balaban J connectivity index is 1.82. The number of primary amides is 1. The van der Waals surface area contributed by atoms with E-state index in [9.17, 15) is 14.4 Å². The van der Waals surface area contributed by atoms with Crippen molar-refractivity contribution in [3.05, 3.63) is 94.0 Å². The highest BCUT2D eigenvalue weighted by atomic mass is 79.9. The molecule has 4 N–H and O–H groups in total. The predicted octanol–water partition coefficient (Wildman–Crippen LogP) is 4.42. The zero-order valence-corrected chi connectivity index (χ0v) is 16.2. The standard InChI is InChI=1S/C21H16BrN3O3/c22-14-7-5-13(6-8-14)19(26)17-3-1-2-4-18(17)20(27)24-15-9-11-16(12-10-15)25-21(23)28/h1-12H,(H,24,27)(H3,23,25,28). The number of urea groups is 1. The van der Waals surface area contributed by atoms with Crippen LogP contribution in [0.1, 0.15) is 26.3 Å². The first-order valence-corrected chi connectivity index (χ1v) is 9.10. The average Bonchev–Trinajstić information content (AvgIpc) is 2.69. The second kappa shape index (κ2) is 8.49. The number of ketones is 1. The van der Waals surface area contributed by atoms with Crippen LogP contribution in [0.2, 0.25) is 0 Å². The van der Waals surface area contributed by atoms with Gasteiger partial charge in [-0.05, 0) is 54.6 Å². The molecule has 3 amide bonds. The Hall–Kier alpha value is -3.45. The van der Waals surface area contributed by atoms with Crippen molar-refractivity contribution in [2.75, 3.05) is 10.6 Å². The summed E-state index contributed by atoms with van der Waals surface area (Å²) < 4.78 is 0.865. The van der Waals surface area contributed by atoms with Crippen molar-refractivity contribution in [1.82, 2.24) is 0 Å². The summed E-state index contributed by atoms with van der Waals surface area (Å²) in [5, 5.41) is 5.19. The minimum atomic E-state index is -0.669. The lowest BCUT2D eigenvalue weighted by Crippen LogP contribution is -2.19. The molecule has 3 aromatic carbocycles. The summed E-state index contributed by atoms with van der Waals surface area (Å²) in [5.41, 5.74) is 7.17. The third-order valence-corrected chi connectivity index (χ3v) is 4.46. The number of hydrogen-bond donors (Lipinski definition) is 3. The largest absolute Gasteiger partial charge is 0.351 e. The van der Waals surface area contributed by atoms with Crippen LogP contribution in [0, 0.1) is 0 Å². The van der Waals surface area contributed by atoms with Gasteiger partial charge in [-0.15, -0.1) is 0 Å². The first kappa shape index (κ1) is 19.3. The molecule has 0 atom stereocenters. The van der Waals surface area contributed by atoms with Gasteiger partial charge in [-0.1, -0.05) is 34.1 Å². The lowest BCUT2D eigenvalue weighted by atomic mass is 9.98. The molecule has 3 aromatic rings. The van der Waals surface area contributed by atoms with Gasteiger partial charge in [0.2, 0.25) is 0 Å². The molecule has 6 nitrogen and oxygen atoms in total. The number of nitrogens with one attached hydrogen (secondary N) is 2. The Bertz CT molecular complexity index is 1030. The van der Waals surface area contributed by atoms with Crippen molar-refractivity contribution >= 4 is 45.0 Å². The smallest absolute Gasteiger partial charge is 0.316 e. The van der Waals surface area contributed by atoms with Crippen LogP contribution in [0.15, 0.2) is 77.3 Å². The second-order valence-electron chi connectivity index (χ2n) is 5.90. The predicted molar refractivity (Wildman–Crippen MR) is 112 cm³/mol. The molecule has 0 aromatic heterocycles. The van der Waals surface area contributed by atoms with Crippen LogP contribution in [0.4, 0.5) is 16.2 Å². The number of amides is 3. The summed E-state index contributed by atoms with van der Waals surface area (Å²) in [5.74, 6) is -0.643. The van der Waals surface area contributed by atoms with E-state index < -0.39 is 11.9 Å². The SMILES string of the molecule is NC(=O)Nc1ccc(NC(=O)c2ccccc2C(=O)c2ccc(Br)cc2)cc1. The van der Waals surface area contributed by atoms with E-state index in [1.165, 1.54) is 0 Å².